The van der Waals surface area contributed by atoms with Gasteiger partial charge in [0.15, 0.2) is 0 Å². The fraction of sp³-hybridized carbons (Fsp3) is 0.462. The SMILES string of the molecule is COc1cc(OC)c(NC(=O)NCCN(C)C)cc1Cl. The van der Waals surface area contributed by atoms with Gasteiger partial charge in [0.05, 0.1) is 24.9 Å². The highest BCUT2D eigenvalue weighted by atomic mass is 35.5. The molecule has 0 saturated heterocycles. The zero-order valence-electron chi connectivity index (χ0n) is 12.1. The average molecular weight is 302 g/mol. The zero-order valence-corrected chi connectivity index (χ0v) is 12.9. The second-order valence-electron chi connectivity index (χ2n) is 4.37. The highest BCUT2D eigenvalue weighted by Gasteiger charge is 2.12. The van der Waals surface area contributed by atoms with Crippen LogP contribution in [-0.4, -0.2) is 52.3 Å². The highest BCUT2D eigenvalue weighted by Crippen LogP contribution is 2.35. The minimum Gasteiger partial charge on any atom is -0.495 e. The van der Waals surface area contributed by atoms with E-state index in [4.69, 9.17) is 21.1 Å². The lowest BCUT2D eigenvalue weighted by Crippen LogP contribution is -2.34. The Kier molecular flexibility index (Phi) is 6.41. The normalized spacial score (nSPS) is 10.3. The van der Waals surface area contributed by atoms with Crippen LogP contribution in [0.25, 0.3) is 0 Å². The first-order valence-corrected chi connectivity index (χ1v) is 6.46. The van der Waals surface area contributed by atoms with Crippen molar-refractivity contribution in [1.29, 1.82) is 0 Å². The van der Waals surface area contributed by atoms with E-state index in [0.29, 0.717) is 28.8 Å². The van der Waals surface area contributed by atoms with E-state index in [0.717, 1.165) is 6.54 Å². The van der Waals surface area contributed by atoms with Crippen molar-refractivity contribution in [3.05, 3.63) is 17.2 Å². The van der Waals surface area contributed by atoms with Crippen LogP contribution in [0.15, 0.2) is 12.1 Å². The maximum atomic E-state index is 11.8. The Labute approximate surface area is 124 Å². The number of urea groups is 1. The molecule has 0 unspecified atom stereocenters. The lowest BCUT2D eigenvalue weighted by atomic mass is 10.2. The molecule has 0 saturated carbocycles. The van der Waals surface area contributed by atoms with E-state index in [-0.39, 0.29) is 6.03 Å². The first-order chi connectivity index (χ1) is 9.47. The smallest absolute Gasteiger partial charge is 0.319 e. The number of nitrogens with one attached hydrogen (secondary N) is 2. The van der Waals surface area contributed by atoms with Crippen molar-refractivity contribution in [3.8, 4) is 11.5 Å². The van der Waals surface area contributed by atoms with Gasteiger partial charge >= 0.3 is 6.03 Å². The first-order valence-electron chi connectivity index (χ1n) is 6.09. The van der Waals surface area contributed by atoms with E-state index in [9.17, 15) is 4.79 Å². The van der Waals surface area contributed by atoms with Gasteiger partial charge in [-0.15, -0.1) is 0 Å². The topological polar surface area (TPSA) is 62.8 Å². The maximum Gasteiger partial charge on any atom is 0.319 e. The molecule has 1 aromatic rings. The summed E-state index contributed by atoms with van der Waals surface area (Å²) in [7, 11) is 6.90. The minimum absolute atomic E-state index is 0.314. The van der Waals surface area contributed by atoms with Crippen molar-refractivity contribution in [2.24, 2.45) is 0 Å². The van der Waals surface area contributed by atoms with Gasteiger partial charge in [0.25, 0.3) is 0 Å². The van der Waals surface area contributed by atoms with Gasteiger partial charge in [0, 0.05) is 19.2 Å². The van der Waals surface area contributed by atoms with Gasteiger partial charge in [0.1, 0.15) is 11.5 Å². The molecule has 0 radical (unpaired) electrons. The van der Waals surface area contributed by atoms with Gasteiger partial charge in [0.2, 0.25) is 0 Å². The molecule has 0 atom stereocenters. The molecule has 1 rings (SSSR count). The number of ether oxygens (including phenoxy) is 2. The van der Waals surface area contributed by atoms with Crippen LogP contribution in [0.2, 0.25) is 5.02 Å². The molecule has 0 spiro atoms. The number of nitrogens with zero attached hydrogens (tertiary/aromatic N) is 1. The number of likely N-dealkylation sites (N-methyl/N-ethyl adjacent to an activating group) is 1. The molecule has 7 heteroatoms. The lowest BCUT2D eigenvalue weighted by molar-refractivity contribution is 0.250. The lowest BCUT2D eigenvalue weighted by Gasteiger charge is -2.14. The number of anilines is 1. The van der Waals surface area contributed by atoms with Gasteiger partial charge in [-0.1, -0.05) is 11.6 Å². The van der Waals surface area contributed by atoms with Crippen LogP contribution in [-0.2, 0) is 0 Å². The summed E-state index contributed by atoms with van der Waals surface area (Å²) in [5.41, 5.74) is 0.487. The van der Waals surface area contributed by atoms with Crippen LogP contribution >= 0.6 is 11.6 Å². The van der Waals surface area contributed by atoms with Crippen molar-refractivity contribution < 1.29 is 14.3 Å². The summed E-state index contributed by atoms with van der Waals surface area (Å²) in [5, 5.41) is 5.83. The Bertz CT molecular complexity index is 466. The van der Waals surface area contributed by atoms with E-state index in [1.54, 1.807) is 12.1 Å². The molecule has 0 aliphatic heterocycles. The number of benzene rings is 1. The molecule has 0 aliphatic rings. The standard InChI is InChI=1S/C13H20ClN3O3/c1-17(2)6-5-15-13(18)16-10-7-9(14)11(19-3)8-12(10)20-4/h7-8H,5-6H2,1-4H3,(H2,15,16,18). The fourth-order valence-electron chi connectivity index (χ4n) is 1.52. The van der Waals surface area contributed by atoms with E-state index < -0.39 is 0 Å². The third-order valence-electron chi connectivity index (χ3n) is 2.57. The molecule has 0 aromatic heterocycles. The third kappa shape index (κ3) is 4.79. The summed E-state index contributed by atoms with van der Waals surface area (Å²) in [6.07, 6.45) is 0. The van der Waals surface area contributed by atoms with Gasteiger partial charge in [-0.3, -0.25) is 0 Å². The number of hydrogen-bond acceptors (Lipinski definition) is 4. The first kappa shape index (κ1) is 16.4. The van der Waals surface area contributed by atoms with Crippen molar-refractivity contribution in [2.75, 3.05) is 46.7 Å². The van der Waals surface area contributed by atoms with Crippen LogP contribution in [0.3, 0.4) is 0 Å². The Balaban J connectivity index is 2.71. The van der Waals surface area contributed by atoms with E-state index >= 15 is 0 Å². The molecule has 0 bridgehead atoms. The number of amides is 2. The van der Waals surface area contributed by atoms with Crippen molar-refractivity contribution >= 4 is 23.3 Å². The Hall–Kier alpha value is -1.66. The second-order valence-corrected chi connectivity index (χ2v) is 4.78. The largest absolute Gasteiger partial charge is 0.495 e. The summed E-state index contributed by atoms with van der Waals surface area (Å²) in [5.74, 6) is 0.969. The molecule has 20 heavy (non-hydrogen) atoms. The monoisotopic (exact) mass is 301 g/mol. The molecular weight excluding hydrogens is 282 g/mol. The molecular formula is C13H20ClN3O3. The molecule has 6 nitrogen and oxygen atoms in total. The number of methoxy groups -OCH3 is 2. The summed E-state index contributed by atoms with van der Waals surface area (Å²) in [4.78, 5) is 13.7. The summed E-state index contributed by atoms with van der Waals surface area (Å²) in [6, 6.07) is 2.90. The summed E-state index contributed by atoms with van der Waals surface area (Å²) in [6.45, 7) is 1.30. The molecule has 0 heterocycles. The molecule has 0 aliphatic carbocycles. The Morgan fingerprint density at radius 1 is 1.25 bits per heavy atom. The van der Waals surface area contributed by atoms with Crippen LogP contribution < -0.4 is 20.1 Å². The second kappa shape index (κ2) is 7.81. The van der Waals surface area contributed by atoms with Gasteiger partial charge in [-0.05, 0) is 20.2 Å². The number of halogens is 1. The fourth-order valence-corrected chi connectivity index (χ4v) is 1.76. The van der Waals surface area contributed by atoms with Gasteiger partial charge < -0.3 is 25.0 Å². The van der Waals surface area contributed by atoms with E-state index in [1.165, 1.54) is 14.2 Å². The van der Waals surface area contributed by atoms with Crippen LogP contribution in [0.5, 0.6) is 11.5 Å². The summed E-state index contributed by atoms with van der Waals surface area (Å²) >= 11 is 6.03. The quantitative estimate of drug-likeness (QED) is 0.844. The number of carbonyl (C=O) groups excluding carboxylic acids is 1. The van der Waals surface area contributed by atoms with E-state index in [1.807, 2.05) is 19.0 Å². The highest BCUT2D eigenvalue weighted by molar-refractivity contribution is 6.32. The third-order valence-corrected chi connectivity index (χ3v) is 2.86. The average Bonchev–Trinajstić information content (AvgIpc) is 2.38. The van der Waals surface area contributed by atoms with E-state index in [2.05, 4.69) is 10.6 Å². The van der Waals surface area contributed by atoms with Crippen molar-refractivity contribution in [2.45, 2.75) is 0 Å². The predicted molar refractivity (Wildman–Crippen MR) is 80.1 cm³/mol. The number of carbonyl (C=O) groups is 1. The molecule has 2 N–H and O–H groups in total. The van der Waals surface area contributed by atoms with Crippen LogP contribution in [0.1, 0.15) is 0 Å². The number of hydrogen-bond donors (Lipinski definition) is 2. The van der Waals surface area contributed by atoms with Gasteiger partial charge in [-0.2, -0.15) is 0 Å². The molecule has 1 aromatic carbocycles. The maximum absolute atomic E-state index is 11.8. The van der Waals surface area contributed by atoms with Crippen LogP contribution in [0, 0.1) is 0 Å². The minimum atomic E-state index is -0.314. The Morgan fingerprint density at radius 3 is 2.45 bits per heavy atom. The zero-order chi connectivity index (χ0) is 15.1. The Morgan fingerprint density at radius 2 is 1.90 bits per heavy atom. The number of rotatable bonds is 6. The summed E-state index contributed by atoms with van der Waals surface area (Å²) < 4.78 is 10.3. The molecule has 2 amide bonds. The van der Waals surface area contributed by atoms with Gasteiger partial charge in [-0.25, -0.2) is 4.79 Å². The molecule has 112 valence electrons. The molecule has 0 fully saturated rings. The predicted octanol–water partition coefficient (Wildman–Crippen LogP) is 2.04. The van der Waals surface area contributed by atoms with Crippen LogP contribution in [0.4, 0.5) is 10.5 Å². The van der Waals surface area contributed by atoms with Crippen molar-refractivity contribution in [1.82, 2.24) is 10.2 Å². The van der Waals surface area contributed by atoms with Crippen molar-refractivity contribution in [3.63, 3.8) is 0 Å².